The first-order valence-electron chi connectivity index (χ1n) is 10.4. The van der Waals surface area contributed by atoms with Crippen LogP contribution in [0.15, 0.2) is 27.6 Å². The average molecular weight is 531 g/mol. The number of nitrogens with zero attached hydrogens (tertiary/aromatic N) is 4. The molecular formula is C19H26N6O4S4. The van der Waals surface area contributed by atoms with Crippen LogP contribution in [0.2, 0.25) is 0 Å². The summed E-state index contributed by atoms with van der Waals surface area (Å²) in [4.78, 5) is 13.9. The van der Waals surface area contributed by atoms with E-state index in [4.69, 9.17) is 4.74 Å². The maximum absolute atomic E-state index is 13.1. The Morgan fingerprint density at radius 3 is 2.70 bits per heavy atom. The fraction of sp³-hybridized carbons (Fsp3) is 0.526. The Kier molecular flexibility index (Phi) is 8.48. The molecule has 0 radical (unpaired) electrons. The Balaban J connectivity index is 1.33. The standard InChI is InChI=1S/C19H26N6O4S4/c1-30-14-10-21-18(22-11-14)20-8-13(12-26)9-23-19-24-15-2-3-16(33(27,28)17(15)31-19)32-25-4-6-29-7-5-25/h2-3,10-11,13,16,26H,4-9,12H2,1H3,(H,23,24)(H,20,21,22). The fourth-order valence-electron chi connectivity index (χ4n) is 3.15. The van der Waals surface area contributed by atoms with E-state index in [9.17, 15) is 13.5 Å². The molecule has 180 valence electrons. The van der Waals surface area contributed by atoms with Crippen LogP contribution in [-0.4, -0.2) is 89.6 Å². The largest absolute Gasteiger partial charge is 0.396 e. The van der Waals surface area contributed by atoms with Crippen LogP contribution in [0.1, 0.15) is 5.69 Å². The molecule has 0 aromatic carbocycles. The number of aliphatic hydroxyl groups excluding tert-OH is 1. The van der Waals surface area contributed by atoms with E-state index in [-0.39, 0.29) is 16.7 Å². The van der Waals surface area contributed by atoms with Crippen molar-refractivity contribution in [3.63, 3.8) is 0 Å². The molecule has 0 aliphatic carbocycles. The van der Waals surface area contributed by atoms with Crippen molar-refractivity contribution in [2.24, 2.45) is 5.92 Å². The van der Waals surface area contributed by atoms with E-state index in [1.165, 1.54) is 11.9 Å². The molecular weight excluding hydrogens is 505 g/mol. The molecule has 2 aliphatic heterocycles. The summed E-state index contributed by atoms with van der Waals surface area (Å²) in [6.45, 7) is 3.47. The quantitative estimate of drug-likeness (QED) is 0.306. The highest BCUT2D eigenvalue weighted by Crippen LogP contribution is 2.39. The van der Waals surface area contributed by atoms with Gasteiger partial charge in [0, 0.05) is 56.0 Å². The van der Waals surface area contributed by atoms with Gasteiger partial charge in [-0.05, 0) is 12.3 Å². The summed E-state index contributed by atoms with van der Waals surface area (Å²) in [7, 11) is -3.53. The van der Waals surface area contributed by atoms with E-state index in [1.807, 2.05) is 10.6 Å². The molecule has 0 saturated carbocycles. The third-order valence-electron chi connectivity index (χ3n) is 5.03. The highest BCUT2D eigenvalue weighted by atomic mass is 32.3. The summed E-state index contributed by atoms with van der Waals surface area (Å²) < 4.78 is 33.3. The van der Waals surface area contributed by atoms with Crippen LogP contribution in [0.5, 0.6) is 0 Å². The van der Waals surface area contributed by atoms with Gasteiger partial charge in [0.25, 0.3) is 0 Å². The number of ether oxygens (including phenoxy) is 1. The first-order chi connectivity index (χ1) is 16.0. The van der Waals surface area contributed by atoms with Crippen LogP contribution in [0.25, 0.3) is 6.08 Å². The molecule has 4 heterocycles. The molecule has 0 spiro atoms. The zero-order valence-corrected chi connectivity index (χ0v) is 21.3. The molecule has 4 rings (SSSR count). The van der Waals surface area contributed by atoms with Crippen molar-refractivity contribution in [2.45, 2.75) is 13.7 Å². The predicted molar refractivity (Wildman–Crippen MR) is 133 cm³/mol. The zero-order valence-electron chi connectivity index (χ0n) is 18.0. The Morgan fingerprint density at radius 2 is 2.00 bits per heavy atom. The molecule has 2 aliphatic rings. The molecule has 3 N–H and O–H groups in total. The van der Waals surface area contributed by atoms with Crippen LogP contribution in [0.4, 0.5) is 11.1 Å². The van der Waals surface area contributed by atoms with Gasteiger partial charge in [0.05, 0.1) is 18.9 Å². The Labute approximate surface area is 205 Å². The van der Waals surface area contributed by atoms with E-state index >= 15 is 0 Å². The second-order valence-corrected chi connectivity index (χ2v) is 13.0. The van der Waals surface area contributed by atoms with Crippen LogP contribution < -0.4 is 10.6 Å². The van der Waals surface area contributed by atoms with Crippen LogP contribution in [0, 0.1) is 5.92 Å². The molecule has 2 aromatic heterocycles. The van der Waals surface area contributed by atoms with E-state index < -0.39 is 14.4 Å². The number of thioether (sulfide) groups is 1. The number of nitrogens with one attached hydrogen (secondary N) is 2. The normalized spacial score (nSPS) is 20.8. The van der Waals surface area contributed by atoms with Crippen molar-refractivity contribution in [1.29, 1.82) is 0 Å². The van der Waals surface area contributed by atoms with Gasteiger partial charge in [-0.15, -0.1) is 11.8 Å². The second-order valence-electron chi connectivity index (χ2n) is 7.37. The maximum Gasteiger partial charge on any atom is 0.222 e. The van der Waals surface area contributed by atoms with Gasteiger partial charge in [-0.2, -0.15) is 0 Å². The maximum atomic E-state index is 13.1. The molecule has 0 amide bonds. The first kappa shape index (κ1) is 24.7. The number of aliphatic hydroxyl groups is 1. The van der Waals surface area contributed by atoms with Crippen LogP contribution in [0.3, 0.4) is 0 Å². The van der Waals surface area contributed by atoms with Gasteiger partial charge in [0.1, 0.15) is 8.79 Å². The monoisotopic (exact) mass is 530 g/mol. The van der Waals surface area contributed by atoms with Crippen molar-refractivity contribution >= 4 is 62.0 Å². The summed E-state index contributed by atoms with van der Waals surface area (Å²) in [6, 6.07) is 0. The van der Waals surface area contributed by atoms with Crippen LogP contribution >= 0.6 is 35.0 Å². The third-order valence-corrected chi connectivity index (χ3v) is 11.0. The number of aromatic nitrogens is 3. The average Bonchev–Trinajstić information content (AvgIpc) is 3.27. The van der Waals surface area contributed by atoms with Crippen molar-refractivity contribution in [2.75, 3.05) is 62.9 Å². The van der Waals surface area contributed by atoms with E-state index in [0.717, 1.165) is 16.2 Å². The minimum Gasteiger partial charge on any atom is -0.396 e. The van der Waals surface area contributed by atoms with Crippen LogP contribution in [-0.2, 0) is 14.6 Å². The number of anilines is 2. The number of hydrogen-bond acceptors (Lipinski definition) is 13. The predicted octanol–water partition coefficient (Wildman–Crippen LogP) is 1.89. The lowest BCUT2D eigenvalue weighted by Crippen LogP contribution is -2.34. The lowest BCUT2D eigenvalue weighted by Gasteiger charge is -2.28. The van der Waals surface area contributed by atoms with Gasteiger partial charge in [-0.3, -0.25) is 0 Å². The zero-order chi connectivity index (χ0) is 23.3. The summed E-state index contributed by atoms with van der Waals surface area (Å²) in [5.74, 6) is 0.363. The van der Waals surface area contributed by atoms with Gasteiger partial charge in [0.15, 0.2) is 5.13 Å². The first-order valence-corrected chi connectivity index (χ1v) is 14.8. The summed E-state index contributed by atoms with van der Waals surface area (Å²) in [6.07, 6.45) is 8.91. The van der Waals surface area contributed by atoms with Gasteiger partial charge in [-0.1, -0.05) is 29.4 Å². The summed E-state index contributed by atoms with van der Waals surface area (Å²) >= 11 is 4.03. The number of fused-ring (bicyclic) bond motifs is 1. The second kappa shape index (κ2) is 11.3. The molecule has 1 fully saturated rings. The van der Waals surface area contributed by atoms with Crippen molar-refractivity contribution in [3.8, 4) is 0 Å². The minimum absolute atomic E-state index is 0.0511. The van der Waals surface area contributed by atoms with E-state index in [0.29, 0.717) is 56.2 Å². The molecule has 10 nitrogen and oxygen atoms in total. The number of sulfone groups is 1. The Bertz CT molecular complexity index is 1060. The van der Waals surface area contributed by atoms with Gasteiger partial charge >= 0.3 is 0 Å². The minimum atomic E-state index is -3.53. The molecule has 2 atom stereocenters. The third kappa shape index (κ3) is 6.18. The number of thiazole rings is 1. The molecule has 2 unspecified atom stereocenters. The highest BCUT2D eigenvalue weighted by Gasteiger charge is 2.36. The van der Waals surface area contributed by atoms with Gasteiger partial charge < -0.3 is 20.5 Å². The molecule has 2 aromatic rings. The molecule has 33 heavy (non-hydrogen) atoms. The lowest BCUT2D eigenvalue weighted by atomic mass is 10.1. The van der Waals surface area contributed by atoms with Crippen molar-refractivity contribution in [3.05, 3.63) is 24.2 Å². The number of rotatable bonds is 10. The Morgan fingerprint density at radius 1 is 1.27 bits per heavy atom. The van der Waals surface area contributed by atoms with E-state index in [2.05, 4.69) is 25.6 Å². The smallest absolute Gasteiger partial charge is 0.222 e. The number of hydrogen-bond donors (Lipinski definition) is 3. The van der Waals surface area contributed by atoms with E-state index in [1.54, 1.807) is 36.3 Å². The SMILES string of the molecule is CSc1cnc(NCC(CO)CNc2nc3c(s2)S(=O)(=O)C(SN2CCOCC2)C=C3)nc1. The van der Waals surface area contributed by atoms with Crippen molar-refractivity contribution < 1.29 is 18.3 Å². The molecule has 1 saturated heterocycles. The number of morpholine rings is 1. The lowest BCUT2D eigenvalue weighted by molar-refractivity contribution is 0.0773. The molecule has 14 heteroatoms. The van der Waals surface area contributed by atoms with Gasteiger partial charge in [-0.25, -0.2) is 27.7 Å². The fourth-order valence-corrected chi connectivity index (χ4v) is 8.17. The summed E-state index contributed by atoms with van der Waals surface area (Å²) in [5.41, 5.74) is 0.460. The van der Waals surface area contributed by atoms with Crippen molar-refractivity contribution in [1.82, 2.24) is 19.3 Å². The summed E-state index contributed by atoms with van der Waals surface area (Å²) in [5, 5.41) is 16.5. The topological polar surface area (TPSA) is 130 Å². The Hall–Kier alpha value is -1.42. The highest BCUT2D eigenvalue weighted by molar-refractivity contribution is 8.13. The molecule has 0 bridgehead atoms. The van der Waals surface area contributed by atoms with Gasteiger partial charge in [0.2, 0.25) is 15.8 Å².